The molecular formula is C23H34N4O4. The third-order valence-corrected chi connectivity index (χ3v) is 5.01. The van der Waals surface area contributed by atoms with E-state index in [9.17, 15) is 14.4 Å². The Labute approximate surface area is 184 Å². The van der Waals surface area contributed by atoms with Gasteiger partial charge >= 0.3 is 5.97 Å². The maximum absolute atomic E-state index is 12.5. The van der Waals surface area contributed by atoms with E-state index in [-0.39, 0.29) is 24.2 Å². The molecule has 0 saturated carbocycles. The van der Waals surface area contributed by atoms with Crippen molar-refractivity contribution in [1.29, 1.82) is 0 Å². The number of nitrogens with zero attached hydrogens (tertiary/aromatic N) is 3. The van der Waals surface area contributed by atoms with E-state index in [2.05, 4.69) is 10.3 Å². The number of hydrogen-bond acceptors (Lipinski definition) is 5. The van der Waals surface area contributed by atoms with Gasteiger partial charge in [0.15, 0.2) is 0 Å². The van der Waals surface area contributed by atoms with Gasteiger partial charge in [0.25, 0.3) is 5.91 Å². The number of hydrogen-bond donors (Lipinski definition) is 1. The number of nitrogens with one attached hydrogen (secondary N) is 1. The highest BCUT2D eigenvalue weighted by molar-refractivity contribution is 5.94. The maximum Gasteiger partial charge on any atom is 0.307 e. The second-order valence-electron chi connectivity index (χ2n) is 7.48. The highest BCUT2D eigenvalue weighted by Gasteiger charge is 2.16. The monoisotopic (exact) mass is 430 g/mol. The number of imidazole rings is 1. The first-order valence-corrected chi connectivity index (χ1v) is 11.1. The molecule has 2 heterocycles. The summed E-state index contributed by atoms with van der Waals surface area (Å²) in [5.74, 6) is -0.342. The van der Waals surface area contributed by atoms with Crippen LogP contribution in [-0.4, -0.2) is 58.3 Å². The Hall–Kier alpha value is -2.90. The first-order valence-electron chi connectivity index (χ1n) is 11.1. The fourth-order valence-corrected chi connectivity index (χ4v) is 3.50. The van der Waals surface area contributed by atoms with Crippen molar-refractivity contribution < 1.29 is 19.1 Å². The molecule has 2 rings (SSSR count). The maximum atomic E-state index is 12.5. The third kappa shape index (κ3) is 7.38. The van der Waals surface area contributed by atoms with E-state index >= 15 is 0 Å². The lowest BCUT2D eigenvalue weighted by molar-refractivity contribution is -0.144. The van der Waals surface area contributed by atoms with Gasteiger partial charge in [0.1, 0.15) is 11.3 Å². The van der Waals surface area contributed by atoms with Crippen molar-refractivity contribution >= 4 is 23.4 Å². The molecule has 0 unspecified atom stereocenters. The number of amides is 2. The van der Waals surface area contributed by atoms with Crippen LogP contribution in [0.1, 0.15) is 68.6 Å². The molecule has 2 aromatic rings. The highest BCUT2D eigenvalue weighted by Crippen LogP contribution is 2.12. The quantitative estimate of drug-likeness (QED) is 0.389. The summed E-state index contributed by atoms with van der Waals surface area (Å²) in [6, 6.07) is 5.63. The van der Waals surface area contributed by atoms with Crippen LogP contribution in [0.3, 0.4) is 0 Å². The van der Waals surface area contributed by atoms with Crippen LogP contribution in [-0.2, 0) is 14.3 Å². The number of pyridine rings is 1. The van der Waals surface area contributed by atoms with Gasteiger partial charge in [0.2, 0.25) is 5.91 Å². The number of rotatable bonds is 13. The number of aryl methyl sites for hydroxylation is 1. The predicted octanol–water partition coefficient (Wildman–Crippen LogP) is 3.12. The summed E-state index contributed by atoms with van der Waals surface area (Å²) in [7, 11) is 0. The number of carbonyl (C=O) groups is 3. The van der Waals surface area contributed by atoms with Crippen molar-refractivity contribution in [3.8, 4) is 0 Å². The average molecular weight is 431 g/mol. The van der Waals surface area contributed by atoms with Crippen molar-refractivity contribution in [1.82, 2.24) is 19.6 Å². The first kappa shape index (κ1) is 24.4. The van der Waals surface area contributed by atoms with Crippen molar-refractivity contribution in [3.63, 3.8) is 0 Å². The molecule has 0 radical (unpaired) electrons. The molecular weight excluding hydrogens is 396 g/mol. The summed E-state index contributed by atoms with van der Waals surface area (Å²) in [6.07, 6.45) is 5.75. The smallest absolute Gasteiger partial charge is 0.307 e. The predicted molar refractivity (Wildman–Crippen MR) is 119 cm³/mol. The second kappa shape index (κ2) is 12.7. The standard InChI is InChI=1S/C23H34N4O4/c1-4-15-26(17-13-21(29)31-5-2)20(28)12-7-6-9-14-24-23(30)22-18(3)25-19-11-8-10-16-27(19)22/h8,10-11,16H,4-7,9,12-15,17H2,1-3H3,(H,24,30). The van der Waals surface area contributed by atoms with Gasteiger partial charge in [-0.2, -0.15) is 0 Å². The minimum Gasteiger partial charge on any atom is -0.466 e. The number of carbonyl (C=O) groups excluding carboxylic acids is 3. The van der Waals surface area contributed by atoms with Gasteiger partial charge < -0.3 is 15.0 Å². The number of aromatic nitrogens is 2. The molecule has 0 saturated heterocycles. The number of unbranched alkanes of at least 4 members (excludes halogenated alkanes) is 2. The Morgan fingerprint density at radius 3 is 2.65 bits per heavy atom. The first-order chi connectivity index (χ1) is 15.0. The highest BCUT2D eigenvalue weighted by atomic mass is 16.5. The summed E-state index contributed by atoms with van der Waals surface area (Å²) >= 11 is 0. The van der Waals surface area contributed by atoms with Crippen molar-refractivity contribution in [3.05, 3.63) is 35.8 Å². The van der Waals surface area contributed by atoms with Gasteiger partial charge in [0, 0.05) is 32.3 Å². The molecule has 0 aromatic carbocycles. The van der Waals surface area contributed by atoms with Crippen LogP contribution in [0.25, 0.3) is 5.65 Å². The topological polar surface area (TPSA) is 93.0 Å². The molecule has 8 heteroatoms. The van der Waals surface area contributed by atoms with Crippen LogP contribution in [0, 0.1) is 6.92 Å². The van der Waals surface area contributed by atoms with Gasteiger partial charge in [-0.05, 0) is 45.2 Å². The van der Waals surface area contributed by atoms with E-state index in [1.807, 2.05) is 38.2 Å². The molecule has 0 aliphatic heterocycles. The molecule has 170 valence electrons. The van der Waals surface area contributed by atoms with Crippen LogP contribution in [0.4, 0.5) is 0 Å². The van der Waals surface area contributed by atoms with E-state index in [0.29, 0.717) is 44.0 Å². The zero-order valence-corrected chi connectivity index (χ0v) is 18.9. The van der Waals surface area contributed by atoms with Crippen molar-refractivity contribution in [2.45, 2.75) is 59.3 Å². The summed E-state index contributed by atoms with van der Waals surface area (Å²) in [5, 5.41) is 2.95. The summed E-state index contributed by atoms with van der Waals surface area (Å²) < 4.78 is 6.73. The minimum atomic E-state index is -0.270. The lowest BCUT2D eigenvalue weighted by atomic mass is 10.1. The van der Waals surface area contributed by atoms with E-state index in [1.165, 1.54) is 0 Å². The van der Waals surface area contributed by atoms with Gasteiger partial charge in [-0.25, -0.2) is 4.98 Å². The average Bonchev–Trinajstić information content (AvgIpc) is 3.09. The van der Waals surface area contributed by atoms with Crippen LogP contribution in [0.15, 0.2) is 24.4 Å². The number of ether oxygens (including phenoxy) is 1. The molecule has 0 bridgehead atoms. The Morgan fingerprint density at radius 1 is 1.10 bits per heavy atom. The van der Waals surface area contributed by atoms with Gasteiger partial charge in [-0.15, -0.1) is 0 Å². The molecule has 2 aromatic heterocycles. The minimum absolute atomic E-state index is 0.0662. The lowest BCUT2D eigenvalue weighted by Gasteiger charge is -2.21. The normalized spacial score (nSPS) is 10.8. The molecule has 0 aliphatic carbocycles. The number of esters is 1. The lowest BCUT2D eigenvalue weighted by Crippen LogP contribution is -2.33. The van der Waals surface area contributed by atoms with Crippen LogP contribution in [0.2, 0.25) is 0 Å². The SMILES string of the molecule is CCCN(CCC(=O)OCC)C(=O)CCCCCNC(=O)c1c(C)nc2ccccn12. The van der Waals surface area contributed by atoms with Crippen molar-refractivity contribution in [2.75, 3.05) is 26.2 Å². The van der Waals surface area contributed by atoms with Crippen LogP contribution >= 0.6 is 0 Å². The molecule has 0 aliphatic rings. The van der Waals surface area contributed by atoms with Gasteiger partial charge in [0.05, 0.1) is 18.7 Å². The summed E-state index contributed by atoms with van der Waals surface area (Å²) in [6.45, 7) is 7.57. The second-order valence-corrected chi connectivity index (χ2v) is 7.48. The molecule has 2 amide bonds. The largest absolute Gasteiger partial charge is 0.466 e. The van der Waals surface area contributed by atoms with Gasteiger partial charge in [-0.3, -0.25) is 18.8 Å². The van der Waals surface area contributed by atoms with Crippen LogP contribution in [0.5, 0.6) is 0 Å². The molecule has 0 fully saturated rings. The molecule has 0 atom stereocenters. The zero-order chi connectivity index (χ0) is 22.6. The molecule has 1 N–H and O–H groups in total. The van der Waals surface area contributed by atoms with Crippen LogP contribution < -0.4 is 5.32 Å². The fourth-order valence-electron chi connectivity index (χ4n) is 3.50. The Bertz CT molecular complexity index is 878. The number of fused-ring (bicyclic) bond motifs is 1. The van der Waals surface area contributed by atoms with Crippen molar-refractivity contribution in [2.24, 2.45) is 0 Å². The molecule has 8 nitrogen and oxygen atoms in total. The van der Waals surface area contributed by atoms with E-state index in [4.69, 9.17) is 4.74 Å². The fraction of sp³-hybridized carbons (Fsp3) is 0.565. The summed E-state index contributed by atoms with van der Waals surface area (Å²) in [4.78, 5) is 42.7. The Balaban J connectivity index is 1.69. The zero-order valence-electron chi connectivity index (χ0n) is 18.9. The van der Waals surface area contributed by atoms with E-state index < -0.39 is 0 Å². The van der Waals surface area contributed by atoms with E-state index in [0.717, 1.165) is 31.3 Å². The summed E-state index contributed by atoms with van der Waals surface area (Å²) in [5.41, 5.74) is 2.01. The third-order valence-electron chi connectivity index (χ3n) is 5.01. The molecule has 0 spiro atoms. The molecule has 31 heavy (non-hydrogen) atoms. The Morgan fingerprint density at radius 2 is 1.90 bits per heavy atom. The Kier molecular flexibility index (Phi) is 10.00. The van der Waals surface area contributed by atoms with E-state index in [1.54, 1.807) is 16.2 Å². The van der Waals surface area contributed by atoms with Gasteiger partial charge in [-0.1, -0.05) is 19.4 Å².